The second kappa shape index (κ2) is 8.03. The number of carbonyl (C=O) groups is 1. The quantitative estimate of drug-likeness (QED) is 0.811. The van der Waals surface area contributed by atoms with Crippen molar-refractivity contribution in [2.75, 3.05) is 46.7 Å². The first-order valence-corrected chi connectivity index (χ1v) is 9.39. The molecule has 1 amide bonds. The molecule has 1 atom stereocenters. The van der Waals surface area contributed by atoms with Gasteiger partial charge in [0.1, 0.15) is 11.5 Å². The van der Waals surface area contributed by atoms with Crippen LogP contribution in [0, 0.1) is 5.92 Å². The van der Waals surface area contributed by atoms with E-state index in [0.717, 1.165) is 0 Å². The van der Waals surface area contributed by atoms with E-state index in [1.54, 1.807) is 25.3 Å². The summed E-state index contributed by atoms with van der Waals surface area (Å²) in [5, 5.41) is 2.83. The van der Waals surface area contributed by atoms with Crippen LogP contribution in [0.2, 0.25) is 0 Å². The molecule has 0 aromatic heterocycles. The normalized spacial score (nSPS) is 18.8. The fourth-order valence-electron chi connectivity index (χ4n) is 2.74. The number of ether oxygens (including phenoxy) is 2. The van der Waals surface area contributed by atoms with Crippen LogP contribution < -0.4 is 14.8 Å². The minimum Gasteiger partial charge on any atom is -0.497 e. The molecule has 1 aromatic rings. The summed E-state index contributed by atoms with van der Waals surface area (Å²) in [6.45, 7) is 0.589. The highest BCUT2D eigenvalue weighted by Gasteiger charge is 2.33. The zero-order chi connectivity index (χ0) is 18.6. The fourth-order valence-corrected chi connectivity index (χ4v) is 3.93. The highest BCUT2D eigenvalue weighted by molar-refractivity contribution is 7.86. The van der Waals surface area contributed by atoms with E-state index in [0.29, 0.717) is 36.6 Å². The highest BCUT2D eigenvalue weighted by Crippen LogP contribution is 2.30. The molecule has 1 heterocycles. The van der Waals surface area contributed by atoms with Crippen LogP contribution >= 0.6 is 0 Å². The third kappa shape index (κ3) is 4.42. The molecule has 0 unspecified atom stereocenters. The summed E-state index contributed by atoms with van der Waals surface area (Å²) in [6, 6.07) is 5.12. The SMILES string of the molecule is COc1ccc(OC)c(NC(=O)[C@@H]2CCCN(S(=O)(=O)N(C)C)C2)c1. The Morgan fingerprint density at radius 1 is 1.28 bits per heavy atom. The van der Waals surface area contributed by atoms with Gasteiger partial charge in [-0.2, -0.15) is 17.0 Å². The van der Waals surface area contributed by atoms with Crippen molar-refractivity contribution in [1.29, 1.82) is 0 Å². The van der Waals surface area contributed by atoms with E-state index in [1.165, 1.54) is 29.8 Å². The van der Waals surface area contributed by atoms with Crippen LogP contribution in [0.25, 0.3) is 0 Å². The van der Waals surface area contributed by atoms with Crippen LogP contribution in [0.3, 0.4) is 0 Å². The number of carbonyl (C=O) groups excluding carboxylic acids is 1. The molecule has 1 N–H and O–H groups in total. The largest absolute Gasteiger partial charge is 0.497 e. The molecule has 0 spiro atoms. The summed E-state index contributed by atoms with van der Waals surface area (Å²) in [5.74, 6) is 0.462. The minimum absolute atomic E-state index is 0.165. The third-order valence-corrected chi connectivity index (χ3v) is 6.11. The standard InChI is InChI=1S/C16H25N3O5S/c1-18(2)25(21,22)19-9-5-6-12(11-19)16(20)17-14-10-13(23-3)7-8-15(14)24-4/h7-8,10,12H,5-6,9,11H2,1-4H3,(H,17,20)/t12-/m1/s1. The summed E-state index contributed by atoms with van der Waals surface area (Å²) in [7, 11) is 2.51. The lowest BCUT2D eigenvalue weighted by Crippen LogP contribution is -2.47. The molecule has 1 fully saturated rings. The van der Waals surface area contributed by atoms with Gasteiger partial charge in [-0.15, -0.1) is 0 Å². The summed E-state index contributed by atoms with van der Waals surface area (Å²) in [4.78, 5) is 12.6. The second-order valence-corrected chi connectivity index (χ2v) is 8.19. The van der Waals surface area contributed by atoms with Crippen molar-refractivity contribution in [2.24, 2.45) is 5.92 Å². The zero-order valence-corrected chi connectivity index (χ0v) is 15.8. The minimum atomic E-state index is -3.52. The van der Waals surface area contributed by atoms with E-state index >= 15 is 0 Å². The van der Waals surface area contributed by atoms with Gasteiger partial charge in [-0.05, 0) is 25.0 Å². The summed E-state index contributed by atoms with van der Waals surface area (Å²) >= 11 is 0. The van der Waals surface area contributed by atoms with Crippen molar-refractivity contribution >= 4 is 21.8 Å². The molecular formula is C16H25N3O5S. The number of benzene rings is 1. The Labute approximate surface area is 148 Å². The number of hydrogen-bond donors (Lipinski definition) is 1. The molecule has 25 heavy (non-hydrogen) atoms. The van der Waals surface area contributed by atoms with E-state index in [9.17, 15) is 13.2 Å². The average Bonchev–Trinajstić information content (AvgIpc) is 2.61. The molecule has 0 radical (unpaired) electrons. The molecule has 1 aliphatic heterocycles. The third-order valence-electron chi connectivity index (χ3n) is 4.21. The predicted molar refractivity (Wildman–Crippen MR) is 95.1 cm³/mol. The van der Waals surface area contributed by atoms with E-state index in [1.807, 2.05) is 0 Å². The Morgan fingerprint density at radius 3 is 2.60 bits per heavy atom. The Hall–Kier alpha value is -1.84. The van der Waals surface area contributed by atoms with Crippen molar-refractivity contribution in [2.45, 2.75) is 12.8 Å². The summed E-state index contributed by atoms with van der Waals surface area (Å²) in [5.41, 5.74) is 0.499. The van der Waals surface area contributed by atoms with E-state index in [-0.39, 0.29) is 12.5 Å². The lowest BCUT2D eigenvalue weighted by molar-refractivity contribution is -0.120. The maximum atomic E-state index is 12.6. The van der Waals surface area contributed by atoms with Gasteiger partial charge in [-0.3, -0.25) is 4.79 Å². The van der Waals surface area contributed by atoms with E-state index in [2.05, 4.69) is 5.32 Å². The van der Waals surface area contributed by atoms with Crippen LogP contribution in [0.5, 0.6) is 11.5 Å². The molecule has 0 bridgehead atoms. The van der Waals surface area contributed by atoms with Crippen LogP contribution in [-0.4, -0.2) is 64.3 Å². The van der Waals surface area contributed by atoms with Gasteiger partial charge < -0.3 is 14.8 Å². The maximum absolute atomic E-state index is 12.6. The lowest BCUT2D eigenvalue weighted by atomic mass is 9.98. The Balaban J connectivity index is 2.13. The first kappa shape index (κ1) is 19.5. The van der Waals surface area contributed by atoms with Gasteiger partial charge in [0, 0.05) is 33.3 Å². The van der Waals surface area contributed by atoms with Crippen molar-refractivity contribution in [3.05, 3.63) is 18.2 Å². The van der Waals surface area contributed by atoms with Crippen molar-refractivity contribution in [3.8, 4) is 11.5 Å². The molecule has 140 valence electrons. The number of amides is 1. The number of methoxy groups -OCH3 is 2. The first-order chi connectivity index (χ1) is 11.8. The molecule has 0 aliphatic carbocycles. The van der Waals surface area contributed by atoms with Gasteiger partial charge in [0.05, 0.1) is 25.8 Å². The zero-order valence-electron chi connectivity index (χ0n) is 15.0. The van der Waals surface area contributed by atoms with Gasteiger partial charge in [-0.1, -0.05) is 0 Å². The molecule has 1 saturated heterocycles. The lowest BCUT2D eigenvalue weighted by Gasteiger charge is -2.32. The van der Waals surface area contributed by atoms with Gasteiger partial charge in [-0.25, -0.2) is 0 Å². The smallest absolute Gasteiger partial charge is 0.281 e. The summed E-state index contributed by atoms with van der Waals surface area (Å²) < 4.78 is 37.5. The maximum Gasteiger partial charge on any atom is 0.281 e. The fraction of sp³-hybridized carbons (Fsp3) is 0.562. The number of rotatable bonds is 6. The monoisotopic (exact) mass is 371 g/mol. The molecule has 1 aliphatic rings. The molecule has 1 aromatic carbocycles. The average molecular weight is 371 g/mol. The van der Waals surface area contributed by atoms with Crippen LogP contribution in [0.4, 0.5) is 5.69 Å². The molecule has 8 nitrogen and oxygen atoms in total. The Morgan fingerprint density at radius 2 is 2.00 bits per heavy atom. The number of anilines is 1. The first-order valence-electron chi connectivity index (χ1n) is 8.00. The van der Waals surface area contributed by atoms with Gasteiger partial charge >= 0.3 is 0 Å². The molecule has 9 heteroatoms. The van der Waals surface area contributed by atoms with Gasteiger partial charge in [0.2, 0.25) is 5.91 Å². The Bertz CT molecular complexity index is 720. The van der Waals surface area contributed by atoms with Crippen LogP contribution in [0.15, 0.2) is 18.2 Å². The van der Waals surface area contributed by atoms with E-state index in [4.69, 9.17) is 9.47 Å². The number of piperidine rings is 1. The van der Waals surface area contributed by atoms with Gasteiger partial charge in [0.15, 0.2) is 0 Å². The van der Waals surface area contributed by atoms with Crippen LogP contribution in [0.1, 0.15) is 12.8 Å². The molecule has 0 saturated carbocycles. The number of nitrogens with one attached hydrogen (secondary N) is 1. The van der Waals surface area contributed by atoms with Crippen molar-refractivity contribution < 1.29 is 22.7 Å². The molecular weight excluding hydrogens is 346 g/mol. The predicted octanol–water partition coefficient (Wildman–Crippen LogP) is 1.16. The van der Waals surface area contributed by atoms with Crippen LogP contribution in [-0.2, 0) is 15.0 Å². The Kier molecular flexibility index (Phi) is 6.26. The molecule has 2 rings (SSSR count). The number of nitrogens with zero attached hydrogens (tertiary/aromatic N) is 2. The van der Waals surface area contributed by atoms with Crippen molar-refractivity contribution in [3.63, 3.8) is 0 Å². The topological polar surface area (TPSA) is 88.2 Å². The highest BCUT2D eigenvalue weighted by atomic mass is 32.2. The van der Waals surface area contributed by atoms with Crippen molar-refractivity contribution in [1.82, 2.24) is 8.61 Å². The number of hydrogen-bond acceptors (Lipinski definition) is 5. The summed E-state index contributed by atoms with van der Waals surface area (Å²) in [6.07, 6.45) is 1.28. The van der Waals surface area contributed by atoms with Gasteiger partial charge in [0.25, 0.3) is 10.2 Å². The second-order valence-electron chi connectivity index (χ2n) is 6.04. The van der Waals surface area contributed by atoms with E-state index < -0.39 is 16.1 Å².